The van der Waals surface area contributed by atoms with Crippen molar-refractivity contribution in [2.75, 3.05) is 26.2 Å². The van der Waals surface area contributed by atoms with Crippen LogP contribution < -0.4 is 5.11 Å². The van der Waals surface area contributed by atoms with Crippen LogP contribution in [-0.4, -0.2) is 58.8 Å². The summed E-state index contributed by atoms with van der Waals surface area (Å²) in [6.45, 7) is 8.97. The number of nitrogens with zero attached hydrogens (tertiary/aromatic N) is 1. The quantitative estimate of drug-likeness (QED) is 0.0442. The van der Waals surface area contributed by atoms with Crippen LogP contribution in [0.5, 0.6) is 0 Å². The predicted octanol–water partition coefficient (Wildman–Crippen LogP) is 8.40. The molecule has 258 valence electrons. The SMILES string of the molecule is CCCCCCCCCCCCCCCC/C=C/CCCC[N+](CC(CC)C(=O)[O-])(CC(CC)C(=O)O)CC(CC)C(=O)O. The van der Waals surface area contributed by atoms with E-state index in [1.165, 1.54) is 89.9 Å². The van der Waals surface area contributed by atoms with Gasteiger partial charge in [0.15, 0.2) is 0 Å². The van der Waals surface area contributed by atoms with E-state index in [9.17, 15) is 29.7 Å². The van der Waals surface area contributed by atoms with Crippen molar-refractivity contribution in [2.45, 2.75) is 163 Å². The molecule has 0 aliphatic heterocycles. The number of aliphatic carboxylic acids is 3. The minimum absolute atomic E-state index is 0.199. The first kappa shape index (κ1) is 42.1. The molecule has 2 N–H and O–H groups in total. The smallest absolute Gasteiger partial charge is 0.312 e. The number of carbonyl (C=O) groups is 3. The Morgan fingerprint density at radius 1 is 0.545 bits per heavy atom. The Kier molecular flexibility index (Phi) is 26.2. The summed E-state index contributed by atoms with van der Waals surface area (Å²) in [4.78, 5) is 35.8. The zero-order valence-electron chi connectivity index (χ0n) is 29.0. The maximum atomic E-state index is 12.0. The molecule has 0 aliphatic rings. The van der Waals surface area contributed by atoms with Crippen LogP contribution in [0.2, 0.25) is 0 Å². The standard InChI is InChI=1S/C37H69NO6/c1-5-9-10-11-12-13-14-15-16-17-18-19-20-21-22-23-24-25-26-27-28-38(29-32(6-2)35(39)40,30-33(7-3)36(41)42)31-34(8-4)37(43)44/h23-24,32-34H,5-22,25-31H2,1-4H3,(H2-,39,40,41,42,43,44)/b24-23+. The summed E-state index contributed by atoms with van der Waals surface area (Å²) in [6, 6.07) is 0. The van der Waals surface area contributed by atoms with Crippen LogP contribution in [0.4, 0.5) is 0 Å². The first-order valence-electron chi connectivity index (χ1n) is 18.3. The molecule has 0 aromatic heterocycles. The Morgan fingerprint density at radius 3 is 1.23 bits per heavy atom. The van der Waals surface area contributed by atoms with E-state index in [1.807, 2.05) is 13.8 Å². The molecule has 0 radical (unpaired) electrons. The maximum absolute atomic E-state index is 12.0. The molecule has 7 heteroatoms. The van der Waals surface area contributed by atoms with E-state index < -0.39 is 35.7 Å². The summed E-state index contributed by atoms with van der Waals surface area (Å²) in [5, 5.41) is 31.5. The van der Waals surface area contributed by atoms with Gasteiger partial charge in [0.25, 0.3) is 0 Å². The number of rotatable bonds is 32. The lowest BCUT2D eigenvalue weighted by atomic mass is 9.95. The number of quaternary nitrogens is 1. The zero-order chi connectivity index (χ0) is 33.1. The number of hydrogen-bond acceptors (Lipinski definition) is 4. The Labute approximate surface area is 270 Å². The highest BCUT2D eigenvalue weighted by atomic mass is 16.4. The molecule has 0 fully saturated rings. The van der Waals surface area contributed by atoms with Crippen molar-refractivity contribution in [1.29, 1.82) is 0 Å². The van der Waals surface area contributed by atoms with Crippen molar-refractivity contribution in [3.8, 4) is 0 Å². The lowest BCUT2D eigenvalue weighted by Crippen LogP contribution is -2.59. The number of carboxylic acid groups (broad SMARTS) is 3. The van der Waals surface area contributed by atoms with Gasteiger partial charge in [-0.3, -0.25) is 9.59 Å². The van der Waals surface area contributed by atoms with E-state index in [2.05, 4.69) is 19.1 Å². The molecule has 0 amide bonds. The van der Waals surface area contributed by atoms with E-state index in [0.717, 1.165) is 25.7 Å². The third-order valence-electron chi connectivity index (χ3n) is 9.48. The van der Waals surface area contributed by atoms with Crippen LogP contribution in [0.3, 0.4) is 0 Å². The fraction of sp³-hybridized carbons (Fsp3) is 0.865. The Balaban J connectivity index is 4.62. The van der Waals surface area contributed by atoms with Gasteiger partial charge in [0.1, 0.15) is 11.8 Å². The van der Waals surface area contributed by atoms with Crippen molar-refractivity contribution >= 4 is 17.9 Å². The second kappa shape index (κ2) is 27.4. The minimum Gasteiger partial charge on any atom is -0.550 e. The maximum Gasteiger partial charge on any atom is 0.312 e. The van der Waals surface area contributed by atoms with Gasteiger partial charge in [-0.15, -0.1) is 0 Å². The van der Waals surface area contributed by atoms with Crippen LogP contribution in [0.25, 0.3) is 0 Å². The number of carbonyl (C=O) groups excluding carboxylic acids is 1. The van der Waals surface area contributed by atoms with Crippen molar-refractivity contribution < 1.29 is 34.2 Å². The topological polar surface area (TPSA) is 115 Å². The van der Waals surface area contributed by atoms with Crippen LogP contribution in [-0.2, 0) is 14.4 Å². The number of hydrogen-bond donors (Lipinski definition) is 2. The highest BCUT2D eigenvalue weighted by molar-refractivity contribution is 5.70. The molecular weight excluding hydrogens is 554 g/mol. The van der Waals surface area contributed by atoms with Gasteiger partial charge < -0.3 is 24.6 Å². The largest absolute Gasteiger partial charge is 0.550 e. The Hall–Kier alpha value is -1.89. The summed E-state index contributed by atoms with van der Waals surface area (Å²) in [7, 11) is 0. The Morgan fingerprint density at radius 2 is 0.886 bits per heavy atom. The summed E-state index contributed by atoms with van der Waals surface area (Å²) >= 11 is 0. The summed E-state index contributed by atoms with van der Waals surface area (Å²) in [6.07, 6.45) is 28.5. The predicted molar refractivity (Wildman–Crippen MR) is 179 cm³/mol. The fourth-order valence-corrected chi connectivity index (χ4v) is 6.44. The van der Waals surface area contributed by atoms with E-state index in [0.29, 0.717) is 25.8 Å². The third kappa shape index (κ3) is 21.0. The van der Waals surface area contributed by atoms with Gasteiger partial charge in [-0.05, 0) is 51.4 Å². The highest BCUT2D eigenvalue weighted by Gasteiger charge is 2.39. The molecule has 0 bridgehead atoms. The summed E-state index contributed by atoms with van der Waals surface area (Å²) < 4.78 is 0.199. The second-order valence-electron chi connectivity index (χ2n) is 13.3. The average molecular weight is 624 g/mol. The van der Waals surface area contributed by atoms with Gasteiger partial charge in [-0.25, -0.2) is 0 Å². The molecule has 7 nitrogen and oxygen atoms in total. The normalized spacial score (nSPS) is 15.2. The molecule has 0 rings (SSSR count). The van der Waals surface area contributed by atoms with Gasteiger partial charge in [0, 0.05) is 5.92 Å². The van der Waals surface area contributed by atoms with Crippen LogP contribution in [0.15, 0.2) is 12.2 Å². The van der Waals surface area contributed by atoms with Crippen molar-refractivity contribution in [3.05, 3.63) is 12.2 Å². The first-order chi connectivity index (χ1) is 21.2. The van der Waals surface area contributed by atoms with Crippen molar-refractivity contribution in [3.63, 3.8) is 0 Å². The highest BCUT2D eigenvalue weighted by Crippen LogP contribution is 2.25. The van der Waals surface area contributed by atoms with Crippen LogP contribution in [0, 0.1) is 17.8 Å². The molecule has 0 saturated heterocycles. The average Bonchev–Trinajstić information content (AvgIpc) is 2.99. The number of allylic oxidation sites excluding steroid dienone is 2. The van der Waals surface area contributed by atoms with Gasteiger partial charge in [0.05, 0.1) is 32.1 Å². The first-order valence-corrected chi connectivity index (χ1v) is 18.3. The van der Waals surface area contributed by atoms with Crippen LogP contribution in [0.1, 0.15) is 163 Å². The van der Waals surface area contributed by atoms with Gasteiger partial charge in [0.2, 0.25) is 0 Å². The molecular formula is C37H69NO6. The van der Waals surface area contributed by atoms with Gasteiger partial charge in [-0.1, -0.05) is 123 Å². The molecule has 0 aromatic carbocycles. The molecule has 0 aliphatic carbocycles. The molecule has 0 spiro atoms. The van der Waals surface area contributed by atoms with Crippen molar-refractivity contribution in [1.82, 2.24) is 0 Å². The Bertz CT molecular complexity index is 707. The third-order valence-corrected chi connectivity index (χ3v) is 9.48. The second-order valence-corrected chi connectivity index (χ2v) is 13.3. The summed E-state index contributed by atoms with van der Waals surface area (Å²) in [5.74, 6) is -5.00. The molecule has 0 saturated carbocycles. The molecule has 44 heavy (non-hydrogen) atoms. The molecule has 3 atom stereocenters. The number of unbranched alkanes of at least 4 members (excludes halogenated alkanes) is 16. The van der Waals surface area contributed by atoms with E-state index in [4.69, 9.17) is 0 Å². The van der Waals surface area contributed by atoms with E-state index >= 15 is 0 Å². The van der Waals surface area contributed by atoms with Gasteiger partial charge >= 0.3 is 11.9 Å². The van der Waals surface area contributed by atoms with Crippen LogP contribution >= 0.6 is 0 Å². The van der Waals surface area contributed by atoms with Gasteiger partial charge in [-0.2, -0.15) is 0 Å². The lowest BCUT2D eigenvalue weighted by Gasteiger charge is -2.44. The minimum atomic E-state index is -1.15. The lowest BCUT2D eigenvalue weighted by molar-refractivity contribution is -0.935. The summed E-state index contributed by atoms with van der Waals surface area (Å²) in [5.41, 5.74) is 0. The number of carboxylic acids is 3. The molecule has 0 aromatic rings. The van der Waals surface area contributed by atoms with E-state index in [-0.39, 0.29) is 24.1 Å². The fourth-order valence-electron chi connectivity index (χ4n) is 6.44. The van der Waals surface area contributed by atoms with Crippen molar-refractivity contribution in [2.24, 2.45) is 17.8 Å². The molecule has 0 heterocycles. The molecule has 3 unspecified atom stereocenters. The monoisotopic (exact) mass is 624 g/mol. The zero-order valence-corrected chi connectivity index (χ0v) is 29.0. The van der Waals surface area contributed by atoms with E-state index in [1.54, 1.807) is 6.92 Å².